The Balaban J connectivity index is 2.71. The van der Waals surface area contributed by atoms with Gasteiger partial charge in [-0.05, 0) is 47.5 Å². The molecule has 0 radical (unpaired) electrons. The van der Waals surface area contributed by atoms with E-state index in [1.54, 1.807) is 12.1 Å². The molecule has 0 saturated heterocycles. The lowest BCUT2D eigenvalue weighted by atomic mass is 9.76. The van der Waals surface area contributed by atoms with Gasteiger partial charge in [-0.2, -0.15) is 0 Å². The molecular formula is C21H16O4. The highest BCUT2D eigenvalue weighted by atomic mass is 16.4. The summed E-state index contributed by atoms with van der Waals surface area (Å²) in [5, 5.41) is 18.6. The summed E-state index contributed by atoms with van der Waals surface area (Å²) < 4.78 is 0. The van der Waals surface area contributed by atoms with Gasteiger partial charge in [-0.25, -0.2) is 9.59 Å². The molecule has 0 bridgehead atoms. The van der Waals surface area contributed by atoms with Gasteiger partial charge in [0.05, 0.1) is 11.1 Å². The molecule has 0 aliphatic rings. The Bertz CT molecular complexity index is 875. The van der Waals surface area contributed by atoms with Crippen LogP contribution in [0.5, 0.6) is 0 Å². The molecule has 2 aromatic rings. The fourth-order valence-corrected chi connectivity index (χ4v) is 2.56. The third-order valence-corrected chi connectivity index (χ3v) is 4.14. The second-order valence-corrected chi connectivity index (χ2v) is 6.12. The number of rotatable bonds is 4. The minimum absolute atomic E-state index is 0.0742. The smallest absolute Gasteiger partial charge is 0.335 e. The van der Waals surface area contributed by atoms with Crippen LogP contribution in [-0.2, 0) is 5.41 Å². The topological polar surface area (TPSA) is 74.6 Å². The minimum Gasteiger partial charge on any atom is -0.478 e. The van der Waals surface area contributed by atoms with E-state index >= 15 is 0 Å². The highest BCUT2D eigenvalue weighted by molar-refractivity contribution is 5.89. The summed E-state index contributed by atoms with van der Waals surface area (Å²) in [5.41, 5.74) is 1.64. The molecule has 0 aliphatic carbocycles. The lowest BCUT2D eigenvalue weighted by Gasteiger charge is -2.27. The summed E-state index contributed by atoms with van der Waals surface area (Å²) in [4.78, 5) is 22.7. The lowest BCUT2D eigenvalue weighted by Crippen LogP contribution is -2.21. The van der Waals surface area contributed by atoms with Gasteiger partial charge in [0.15, 0.2) is 0 Å². The second kappa shape index (κ2) is 6.55. The van der Waals surface area contributed by atoms with Crippen molar-refractivity contribution >= 4 is 11.9 Å². The van der Waals surface area contributed by atoms with Gasteiger partial charge in [0.1, 0.15) is 0 Å². The molecule has 124 valence electrons. The van der Waals surface area contributed by atoms with E-state index in [1.807, 2.05) is 13.8 Å². The number of hydrogen-bond acceptors (Lipinski definition) is 2. The van der Waals surface area contributed by atoms with Crippen molar-refractivity contribution in [3.63, 3.8) is 0 Å². The molecule has 0 saturated carbocycles. The first-order chi connectivity index (χ1) is 11.7. The Morgan fingerprint density at radius 2 is 1.16 bits per heavy atom. The maximum atomic E-state index is 11.4. The van der Waals surface area contributed by atoms with Crippen molar-refractivity contribution in [1.82, 2.24) is 0 Å². The van der Waals surface area contributed by atoms with Crippen molar-refractivity contribution in [3.8, 4) is 24.7 Å². The molecule has 0 amide bonds. The Hall–Kier alpha value is -3.50. The molecular weight excluding hydrogens is 316 g/mol. The van der Waals surface area contributed by atoms with Crippen molar-refractivity contribution in [3.05, 3.63) is 69.8 Å². The molecule has 0 aliphatic heterocycles. The Morgan fingerprint density at radius 1 is 0.800 bits per heavy atom. The quantitative estimate of drug-likeness (QED) is 0.842. The number of carbonyl (C=O) groups is 2. The van der Waals surface area contributed by atoms with Gasteiger partial charge in [0.25, 0.3) is 0 Å². The van der Waals surface area contributed by atoms with Crippen molar-refractivity contribution in [2.45, 2.75) is 19.3 Å². The van der Waals surface area contributed by atoms with Crippen molar-refractivity contribution in [2.24, 2.45) is 0 Å². The largest absolute Gasteiger partial charge is 0.478 e. The van der Waals surface area contributed by atoms with E-state index in [9.17, 15) is 19.8 Å². The zero-order valence-corrected chi connectivity index (χ0v) is 13.8. The fraction of sp³-hybridized carbons (Fsp3) is 0.143. The predicted octanol–water partition coefficient (Wildman–Crippen LogP) is 3.37. The van der Waals surface area contributed by atoms with E-state index in [0.717, 1.165) is 0 Å². The van der Waals surface area contributed by atoms with Crippen LogP contribution in [0.15, 0.2) is 36.4 Å². The van der Waals surface area contributed by atoms with Crippen LogP contribution in [0.1, 0.15) is 56.8 Å². The number of benzene rings is 2. The summed E-state index contributed by atoms with van der Waals surface area (Å²) in [6, 6.07) is 9.34. The Morgan fingerprint density at radius 3 is 1.44 bits per heavy atom. The molecule has 0 fully saturated rings. The van der Waals surface area contributed by atoms with Gasteiger partial charge in [-0.3, -0.25) is 0 Å². The molecule has 0 spiro atoms. The zero-order chi connectivity index (χ0) is 18.8. The van der Waals surface area contributed by atoms with Crippen LogP contribution in [0.2, 0.25) is 0 Å². The number of carboxylic acids is 2. The molecule has 2 N–H and O–H groups in total. The van der Waals surface area contributed by atoms with E-state index in [2.05, 4.69) is 11.8 Å². The lowest BCUT2D eigenvalue weighted by molar-refractivity contribution is 0.0686. The van der Waals surface area contributed by atoms with Crippen molar-refractivity contribution in [2.75, 3.05) is 0 Å². The van der Waals surface area contributed by atoms with Crippen LogP contribution in [-0.4, -0.2) is 22.2 Å². The average molecular weight is 332 g/mol. The number of terminal acetylenes is 2. The third kappa shape index (κ3) is 3.54. The van der Waals surface area contributed by atoms with Gasteiger partial charge in [-0.1, -0.05) is 25.7 Å². The number of hydrogen-bond donors (Lipinski definition) is 2. The SMILES string of the molecule is C#Cc1cc(C(=O)O)cc(C(C)(C)c2cc(C#C)cc(C(=O)O)c2)c1. The monoisotopic (exact) mass is 332 g/mol. The van der Waals surface area contributed by atoms with Gasteiger partial charge < -0.3 is 10.2 Å². The highest BCUT2D eigenvalue weighted by Crippen LogP contribution is 2.34. The summed E-state index contributed by atoms with van der Waals surface area (Å²) in [6.07, 6.45) is 10.9. The molecule has 2 rings (SSSR count). The summed E-state index contributed by atoms with van der Waals surface area (Å²) in [7, 11) is 0. The Kier molecular flexibility index (Phi) is 4.68. The molecule has 4 nitrogen and oxygen atoms in total. The van der Waals surface area contributed by atoms with Gasteiger partial charge in [0.2, 0.25) is 0 Å². The van der Waals surface area contributed by atoms with Crippen LogP contribution in [0.25, 0.3) is 0 Å². The predicted molar refractivity (Wildman–Crippen MR) is 94.8 cm³/mol. The normalized spacial score (nSPS) is 10.6. The van der Waals surface area contributed by atoms with E-state index in [4.69, 9.17) is 12.8 Å². The van der Waals surface area contributed by atoms with Crippen LogP contribution in [0.3, 0.4) is 0 Å². The van der Waals surface area contributed by atoms with Crippen molar-refractivity contribution in [1.29, 1.82) is 0 Å². The number of carboxylic acid groups (broad SMARTS) is 2. The van der Waals surface area contributed by atoms with Gasteiger partial charge in [0, 0.05) is 16.5 Å². The molecule has 0 heterocycles. The Labute approximate surface area is 146 Å². The standard InChI is InChI=1S/C21H16O4/c1-5-13-7-15(19(22)23)11-17(9-13)21(3,4)18-10-14(6-2)8-16(12-18)20(24)25/h1-2,7-12H,3-4H3,(H,22,23)(H,24,25). The minimum atomic E-state index is -1.09. The molecule has 25 heavy (non-hydrogen) atoms. The fourth-order valence-electron chi connectivity index (χ4n) is 2.56. The van der Waals surface area contributed by atoms with Gasteiger partial charge in [-0.15, -0.1) is 12.8 Å². The molecule has 2 aromatic carbocycles. The van der Waals surface area contributed by atoms with Crippen LogP contribution < -0.4 is 0 Å². The molecule has 4 heteroatoms. The summed E-state index contributed by atoms with van der Waals surface area (Å²) in [5.74, 6) is 2.73. The molecule has 0 atom stereocenters. The first-order valence-corrected chi connectivity index (χ1v) is 7.40. The zero-order valence-electron chi connectivity index (χ0n) is 13.8. The van der Waals surface area contributed by atoms with E-state index in [1.165, 1.54) is 24.3 Å². The second-order valence-electron chi connectivity index (χ2n) is 6.12. The first-order valence-electron chi connectivity index (χ1n) is 7.40. The first kappa shape index (κ1) is 17.8. The van der Waals surface area contributed by atoms with E-state index in [-0.39, 0.29) is 11.1 Å². The number of aromatic carboxylic acids is 2. The van der Waals surface area contributed by atoms with E-state index in [0.29, 0.717) is 22.3 Å². The third-order valence-electron chi connectivity index (χ3n) is 4.14. The maximum Gasteiger partial charge on any atom is 0.335 e. The maximum absolute atomic E-state index is 11.4. The average Bonchev–Trinajstić information content (AvgIpc) is 2.60. The highest BCUT2D eigenvalue weighted by Gasteiger charge is 2.26. The van der Waals surface area contributed by atoms with Crippen LogP contribution >= 0.6 is 0 Å². The summed E-state index contributed by atoms with van der Waals surface area (Å²) in [6.45, 7) is 3.71. The summed E-state index contributed by atoms with van der Waals surface area (Å²) >= 11 is 0. The van der Waals surface area contributed by atoms with Crippen LogP contribution in [0, 0.1) is 24.7 Å². The van der Waals surface area contributed by atoms with Crippen LogP contribution in [0.4, 0.5) is 0 Å². The van der Waals surface area contributed by atoms with Crippen molar-refractivity contribution < 1.29 is 19.8 Å². The van der Waals surface area contributed by atoms with E-state index < -0.39 is 17.4 Å². The molecule has 0 unspecified atom stereocenters. The molecule has 0 aromatic heterocycles. The van der Waals surface area contributed by atoms with Gasteiger partial charge >= 0.3 is 11.9 Å².